The van der Waals surface area contributed by atoms with Gasteiger partial charge in [0.1, 0.15) is 11.7 Å². The van der Waals surface area contributed by atoms with Crippen LogP contribution in [0, 0.1) is 18.7 Å². The van der Waals surface area contributed by atoms with Crippen LogP contribution >= 0.6 is 0 Å². The molecule has 33 heavy (non-hydrogen) atoms. The molecule has 1 aliphatic rings. The largest absolute Gasteiger partial charge is 0.472 e. The first kappa shape index (κ1) is 24.1. The molecule has 174 valence electrons. The van der Waals surface area contributed by atoms with Gasteiger partial charge in [-0.3, -0.25) is 0 Å². The fraction of sp³-hybridized carbons (Fsp3) is 0.280. The highest BCUT2D eigenvalue weighted by molar-refractivity contribution is 6.06. The van der Waals surface area contributed by atoms with E-state index in [1.807, 2.05) is 20.8 Å². The van der Waals surface area contributed by atoms with Gasteiger partial charge in [0, 0.05) is 35.8 Å². The highest BCUT2D eigenvalue weighted by atomic mass is 19.3. The Bertz CT molecular complexity index is 1110. The molecule has 1 aliphatic heterocycles. The number of ether oxygens (including phenoxy) is 1. The van der Waals surface area contributed by atoms with Crippen LogP contribution in [0.2, 0.25) is 0 Å². The van der Waals surface area contributed by atoms with Crippen molar-refractivity contribution in [1.29, 1.82) is 0 Å². The smallest absolute Gasteiger partial charge is 0.272 e. The summed E-state index contributed by atoms with van der Waals surface area (Å²) in [6, 6.07) is 6.30. The molecular weight excluding hydrogens is 429 g/mol. The van der Waals surface area contributed by atoms with Crippen LogP contribution in [-0.4, -0.2) is 23.9 Å². The van der Waals surface area contributed by atoms with E-state index in [1.54, 1.807) is 18.2 Å². The van der Waals surface area contributed by atoms with Crippen LogP contribution in [0.5, 0.6) is 5.88 Å². The third-order valence-corrected chi connectivity index (χ3v) is 5.18. The normalized spacial score (nSPS) is 13.5. The van der Waals surface area contributed by atoms with Gasteiger partial charge in [0.15, 0.2) is 6.61 Å². The number of nitrogens with one attached hydrogen (secondary N) is 2. The number of benzene rings is 1. The molecule has 0 unspecified atom stereocenters. The number of aliphatic imine (C=N–C) groups is 1. The molecule has 2 heterocycles. The summed E-state index contributed by atoms with van der Waals surface area (Å²) >= 11 is 0. The summed E-state index contributed by atoms with van der Waals surface area (Å²) in [4.78, 5) is 8.64. The Morgan fingerprint density at radius 2 is 1.97 bits per heavy atom. The van der Waals surface area contributed by atoms with Crippen LogP contribution in [0.4, 0.5) is 13.2 Å². The Morgan fingerprint density at radius 1 is 1.21 bits per heavy atom. The molecule has 0 saturated heterocycles. The minimum Gasteiger partial charge on any atom is -0.472 e. The molecule has 0 aliphatic carbocycles. The molecule has 2 aromatic rings. The Balaban J connectivity index is 1.88. The number of alkyl halides is 2. The average Bonchev–Trinajstić information content (AvgIpc) is 2.77. The summed E-state index contributed by atoms with van der Waals surface area (Å²) < 4.78 is 44.5. The molecule has 8 heteroatoms. The Hall–Kier alpha value is -3.55. The monoisotopic (exact) mass is 456 g/mol. The van der Waals surface area contributed by atoms with Gasteiger partial charge in [0.2, 0.25) is 5.88 Å². The molecule has 0 atom stereocenters. The predicted molar refractivity (Wildman–Crippen MR) is 124 cm³/mol. The van der Waals surface area contributed by atoms with E-state index in [1.165, 1.54) is 18.3 Å². The van der Waals surface area contributed by atoms with Gasteiger partial charge < -0.3 is 15.4 Å². The average molecular weight is 457 g/mol. The first-order chi connectivity index (χ1) is 15.7. The number of allylic oxidation sites excluding steroid dienone is 2. The van der Waals surface area contributed by atoms with Crippen molar-refractivity contribution in [2.75, 3.05) is 6.61 Å². The number of hydrogen-bond acceptors (Lipinski definition) is 5. The van der Waals surface area contributed by atoms with E-state index < -0.39 is 18.8 Å². The Morgan fingerprint density at radius 3 is 2.61 bits per heavy atom. The summed E-state index contributed by atoms with van der Waals surface area (Å²) in [6.07, 6.45) is 0.584. The Kier molecular flexibility index (Phi) is 7.58. The zero-order chi connectivity index (χ0) is 24.1. The quantitative estimate of drug-likeness (QED) is 0.535. The number of pyridine rings is 1. The van der Waals surface area contributed by atoms with Crippen molar-refractivity contribution in [1.82, 2.24) is 15.6 Å². The number of aromatic nitrogens is 1. The molecule has 1 aromatic heterocycles. The van der Waals surface area contributed by atoms with Gasteiger partial charge in [-0.15, -0.1) is 0 Å². The maximum absolute atomic E-state index is 14.9. The second kappa shape index (κ2) is 10.4. The van der Waals surface area contributed by atoms with Crippen molar-refractivity contribution >= 4 is 11.5 Å². The lowest BCUT2D eigenvalue weighted by Crippen LogP contribution is -2.28. The molecule has 0 radical (unpaired) electrons. The number of halogens is 3. The van der Waals surface area contributed by atoms with Crippen molar-refractivity contribution < 1.29 is 17.9 Å². The number of amidine groups is 1. The van der Waals surface area contributed by atoms with Gasteiger partial charge in [0.05, 0.1) is 11.3 Å². The molecule has 0 amide bonds. The number of hydrogen-bond donors (Lipinski definition) is 2. The van der Waals surface area contributed by atoms with E-state index >= 15 is 0 Å². The van der Waals surface area contributed by atoms with Crippen LogP contribution in [0.15, 0.2) is 66.1 Å². The van der Waals surface area contributed by atoms with Crippen LogP contribution in [0.25, 0.3) is 5.70 Å². The first-order valence-corrected chi connectivity index (χ1v) is 10.5. The third kappa shape index (κ3) is 6.03. The van der Waals surface area contributed by atoms with Crippen molar-refractivity contribution in [2.24, 2.45) is 10.9 Å². The van der Waals surface area contributed by atoms with Gasteiger partial charge in [-0.1, -0.05) is 33.1 Å². The standard InChI is InChI=1S/C25H27F3N4O/c1-14(2)17(5)29-11-18-6-8-20(26)24(16(18)4)25-31-15(3)10-21(32-25)19-7-9-23(30-12-19)33-13-22(27)28/h6-10,12,14,22,29H,3,5,11,13H2,1-2,4H3,(H,31,32). The summed E-state index contributed by atoms with van der Waals surface area (Å²) in [5, 5.41) is 6.32. The second-order valence-corrected chi connectivity index (χ2v) is 7.97. The second-order valence-electron chi connectivity index (χ2n) is 7.97. The SMILES string of the molecule is C=C1C=C(c2ccc(OCC(F)F)nc2)N=C(c2c(F)ccc(CNC(=C)C(C)C)c2C)N1. The van der Waals surface area contributed by atoms with E-state index in [0.717, 1.165) is 16.8 Å². The fourth-order valence-corrected chi connectivity index (χ4v) is 3.18. The summed E-state index contributed by atoms with van der Waals surface area (Å²) in [6.45, 7) is 13.7. The topological polar surface area (TPSA) is 58.5 Å². The highest BCUT2D eigenvalue weighted by Gasteiger charge is 2.20. The highest BCUT2D eigenvalue weighted by Crippen LogP contribution is 2.26. The van der Waals surface area contributed by atoms with Crippen molar-refractivity contribution in [2.45, 2.75) is 33.7 Å². The van der Waals surface area contributed by atoms with Gasteiger partial charge >= 0.3 is 0 Å². The lowest BCUT2D eigenvalue weighted by molar-refractivity contribution is 0.0796. The molecule has 2 N–H and O–H groups in total. The van der Waals surface area contributed by atoms with Crippen molar-refractivity contribution in [3.05, 3.63) is 89.2 Å². The van der Waals surface area contributed by atoms with Crippen LogP contribution in [-0.2, 0) is 6.54 Å². The van der Waals surface area contributed by atoms with Gasteiger partial charge in [-0.05, 0) is 42.2 Å². The van der Waals surface area contributed by atoms with Crippen LogP contribution in [0.3, 0.4) is 0 Å². The number of rotatable bonds is 9. The molecule has 5 nitrogen and oxygen atoms in total. The third-order valence-electron chi connectivity index (χ3n) is 5.18. The molecule has 0 fully saturated rings. The molecule has 0 saturated carbocycles. The zero-order valence-corrected chi connectivity index (χ0v) is 18.9. The van der Waals surface area contributed by atoms with E-state index in [9.17, 15) is 13.2 Å². The zero-order valence-electron chi connectivity index (χ0n) is 18.9. The van der Waals surface area contributed by atoms with Crippen LogP contribution in [0.1, 0.15) is 36.1 Å². The molecule has 0 bridgehead atoms. The Labute approximate surface area is 191 Å². The minimum atomic E-state index is -2.58. The van der Waals surface area contributed by atoms with E-state index in [0.29, 0.717) is 34.9 Å². The van der Waals surface area contributed by atoms with E-state index in [-0.39, 0.29) is 11.8 Å². The number of nitrogens with zero attached hydrogens (tertiary/aromatic N) is 2. The van der Waals surface area contributed by atoms with Crippen molar-refractivity contribution in [3.63, 3.8) is 0 Å². The summed E-state index contributed by atoms with van der Waals surface area (Å²) in [7, 11) is 0. The maximum Gasteiger partial charge on any atom is 0.272 e. The van der Waals surface area contributed by atoms with Crippen molar-refractivity contribution in [3.8, 4) is 5.88 Å². The minimum absolute atomic E-state index is 0.0849. The van der Waals surface area contributed by atoms with E-state index in [2.05, 4.69) is 33.8 Å². The first-order valence-electron chi connectivity index (χ1n) is 10.5. The maximum atomic E-state index is 14.9. The lowest BCUT2D eigenvalue weighted by atomic mass is 9.99. The van der Waals surface area contributed by atoms with Gasteiger partial charge in [-0.25, -0.2) is 23.1 Å². The summed E-state index contributed by atoms with van der Waals surface area (Å²) in [5.74, 6) is 0.288. The fourth-order valence-electron chi connectivity index (χ4n) is 3.18. The molecular formula is C25H27F3N4O. The lowest BCUT2D eigenvalue weighted by Gasteiger charge is -2.21. The molecule has 0 spiro atoms. The molecule has 1 aromatic carbocycles. The van der Waals surface area contributed by atoms with Gasteiger partial charge in [-0.2, -0.15) is 0 Å². The summed E-state index contributed by atoms with van der Waals surface area (Å²) in [5.41, 5.74) is 4.57. The predicted octanol–water partition coefficient (Wildman–Crippen LogP) is 5.34. The van der Waals surface area contributed by atoms with E-state index in [4.69, 9.17) is 4.74 Å². The van der Waals surface area contributed by atoms with Crippen LogP contribution < -0.4 is 15.4 Å². The van der Waals surface area contributed by atoms with Gasteiger partial charge in [0.25, 0.3) is 6.43 Å². The molecule has 3 rings (SSSR count).